The molecule has 1 aromatic carbocycles. The molecular weight excluding hydrogens is 719 g/mol. The lowest BCUT2D eigenvalue weighted by atomic mass is 9.75. The summed E-state index contributed by atoms with van der Waals surface area (Å²) in [7, 11) is 0. The molecule has 8 heteroatoms. The highest BCUT2D eigenvalue weighted by Gasteiger charge is 2.36. The van der Waals surface area contributed by atoms with Crippen molar-refractivity contribution >= 4 is 17.7 Å². The molecule has 3 N–H and O–H groups in total. The molecule has 0 unspecified atom stereocenters. The van der Waals surface area contributed by atoms with Crippen molar-refractivity contribution in [3.8, 4) is 0 Å². The van der Waals surface area contributed by atoms with Crippen molar-refractivity contribution in [1.29, 1.82) is 0 Å². The van der Waals surface area contributed by atoms with E-state index < -0.39 is 0 Å². The minimum absolute atomic E-state index is 0.128. The summed E-state index contributed by atoms with van der Waals surface area (Å²) in [5.41, 5.74) is 4.71. The van der Waals surface area contributed by atoms with E-state index in [-0.39, 0.29) is 39.4 Å². The number of amides is 3. The van der Waals surface area contributed by atoms with Crippen LogP contribution in [0.25, 0.3) is 0 Å². The van der Waals surface area contributed by atoms with Crippen LogP contribution in [-0.2, 0) is 39.1 Å². The summed E-state index contributed by atoms with van der Waals surface area (Å²) in [4.78, 5) is 45.0. The number of carbonyl (C=O) groups excluding carboxylic acids is 3. The maximum atomic E-state index is 12.4. The quantitative estimate of drug-likeness (QED) is 0.169. The topological polar surface area (TPSA) is 113 Å². The van der Waals surface area contributed by atoms with Crippen LogP contribution in [0.1, 0.15) is 160 Å². The first-order valence-corrected chi connectivity index (χ1v) is 22.5. The van der Waals surface area contributed by atoms with Crippen molar-refractivity contribution in [2.24, 2.45) is 16.2 Å². The molecule has 0 radical (unpaired) electrons. The molecule has 0 atom stereocenters. The number of nitrogens with one attached hydrogen (secondary N) is 3. The number of aromatic nitrogens is 2. The summed E-state index contributed by atoms with van der Waals surface area (Å²) in [6.45, 7) is 15.2. The van der Waals surface area contributed by atoms with Crippen LogP contribution >= 0.6 is 0 Å². The summed E-state index contributed by atoms with van der Waals surface area (Å²) in [6.07, 6.45) is 25.1. The van der Waals surface area contributed by atoms with Gasteiger partial charge < -0.3 is 16.0 Å². The second-order valence-corrected chi connectivity index (χ2v) is 19.0. The normalized spacial score (nSPS) is 18.2. The standard InChI is InChI=1S/C20H31NO.2C15H22N2O/c1-19(2,3)17-10-8-16(9-11-17)12-15-21-18(22)20(4)13-6-5-7-14-20;1-15(9-4-2-5-10-15)14(18)17-12-8-13-7-3-6-11-16-13;1-15(8-3-2-4-9-15)14(18)17-12-7-13-5-10-16-11-6-13/h8-11H,5-7,12-15H2,1-4H3,(H,21,22);3,6-7,11H,2,4-5,8-10,12H2,1H3,(H,17,18);5-6,10-11H,2-4,7-9,12H2,1H3,(H,17,18). The smallest absolute Gasteiger partial charge is 0.225 e. The first kappa shape index (κ1) is 46.6. The number of benzene rings is 1. The highest BCUT2D eigenvalue weighted by molar-refractivity contribution is 5.83. The molecule has 0 saturated heterocycles. The number of pyridine rings is 2. The third-order valence-electron chi connectivity index (χ3n) is 12.9. The van der Waals surface area contributed by atoms with E-state index in [0.29, 0.717) is 6.54 Å². The van der Waals surface area contributed by atoms with Crippen LogP contribution in [-0.4, -0.2) is 47.3 Å². The Bertz CT molecular complexity index is 1570. The minimum Gasteiger partial charge on any atom is -0.355 e. The fraction of sp³-hybridized carbons (Fsp3) is 0.620. The molecule has 3 saturated carbocycles. The molecule has 3 aliphatic carbocycles. The van der Waals surface area contributed by atoms with E-state index in [1.807, 2.05) is 30.3 Å². The van der Waals surface area contributed by atoms with Crippen molar-refractivity contribution in [2.45, 2.75) is 163 Å². The van der Waals surface area contributed by atoms with Crippen LogP contribution in [0.4, 0.5) is 0 Å². The molecule has 8 nitrogen and oxygen atoms in total. The Hall–Kier alpha value is -4.07. The van der Waals surface area contributed by atoms with E-state index in [9.17, 15) is 14.4 Å². The summed E-state index contributed by atoms with van der Waals surface area (Å²) in [5.74, 6) is 0.702. The molecule has 58 heavy (non-hydrogen) atoms. The van der Waals surface area contributed by atoms with Crippen LogP contribution in [0.3, 0.4) is 0 Å². The molecule has 2 aromatic heterocycles. The van der Waals surface area contributed by atoms with E-state index in [1.54, 1.807) is 18.6 Å². The number of hydrogen-bond donors (Lipinski definition) is 3. The van der Waals surface area contributed by atoms with Gasteiger partial charge in [-0.15, -0.1) is 0 Å². The van der Waals surface area contributed by atoms with E-state index in [4.69, 9.17) is 0 Å². The third-order valence-corrected chi connectivity index (χ3v) is 12.9. The zero-order valence-electron chi connectivity index (χ0n) is 36.9. The van der Waals surface area contributed by atoms with Crippen LogP contribution in [0.5, 0.6) is 0 Å². The van der Waals surface area contributed by atoms with Gasteiger partial charge in [-0.3, -0.25) is 24.4 Å². The maximum Gasteiger partial charge on any atom is 0.225 e. The first-order valence-electron chi connectivity index (χ1n) is 22.5. The van der Waals surface area contributed by atoms with Gasteiger partial charge in [-0.05, 0) is 97.7 Å². The van der Waals surface area contributed by atoms with E-state index in [0.717, 1.165) is 76.6 Å². The number of carbonyl (C=O) groups is 3. The highest BCUT2D eigenvalue weighted by Crippen LogP contribution is 2.37. The van der Waals surface area contributed by atoms with Gasteiger partial charge in [-0.2, -0.15) is 0 Å². The molecule has 3 aromatic rings. The Morgan fingerprint density at radius 3 is 1.29 bits per heavy atom. The molecule has 3 aliphatic rings. The van der Waals surface area contributed by atoms with Crippen LogP contribution in [0, 0.1) is 16.2 Å². The van der Waals surface area contributed by atoms with Crippen molar-refractivity contribution in [1.82, 2.24) is 25.9 Å². The van der Waals surface area contributed by atoms with Crippen molar-refractivity contribution in [2.75, 3.05) is 19.6 Å². The van der Waals surface area contributed by atoms with Gasteiger partial charge in [-0.25, -0.2) is 0 Å². The van der Waals surface area contributed by atoms with Gasteiger partial charge >= 0.3 is 0 Å². The predicted molar refractivity (Wildman–Crippen MR) is 237 cm³/mol. The van der Waals surface area contributed by atoms with Gasteiger partial charge in [0.25, 0.3) is 0 Å². The van der Waals surface area contributed by atoms with Gasteiger partial charge in [0.15, 0.2) is 0 Å². The van der Waals surface area contributed by atoms with Crippen LogP contribution < -0.4 is 16.0 Å². The molecule has 3 fully saturated rings. The molecule has 6 rings (SSSR count). The van der Waals surface area contributed by atoms with Crippen LogP contribution in [0.15, 0.2) is 73.2 Å². The maximum absolute atomic E-state index is 12.4. The second kappa shape index (κ2) is 22.9. The van der Waals surface area contributed by atoms with E-state index >= 15 is 0 Å². The molecule has 3 amide bonds. The molecular formula is C50H75N5O3. The van der Waals surface area contributed by atoms with Gasteiger partial charge in [-0.1, -0.05) is 130 Å². The molecule has 0 spiro atoms. The van der Waals surface area contributed by atoms with Crippen molar-refractivity contribution < 1.29 is 14.4 Å². The fourth-order valence-corrected chi connectivity index (χ4v) is 8.53. The number of hydrogen-bond acceptors (Lipinski definition) is 5. The Labute approximate surface area is 351 Å². The Morgan fingerprint density at radius 1 is 0.517 bits per heavy atom. The first-order chi connectivity index (χ1) is 27.7. The van der Waals surface area contributed by atoms with E-state index in [2.05, 4.69) is 91.7 Å². The van der Waals surface area contributed by atoms with E-state index in [1.165, 1.54) is 74.5 Å². The molecule has 0 bridgehead atoms. The summed E-state index contributed by atoms with van der Waals surface area (Å²) in [6, 6.07) is 18.7. The fourth-order valence-electron chi connectivity index (χ4n) is 8.53. The summed E-state index contributed by atoms with van der Waals surface area (Å²) in [5, 5.41) is 9.29. The van der Waals surface area contributed by atoms with Gasteiger partial charge in [0.1, 0.15) is 0 Å². The lowest BCUT2D eigenvalue weighted by molar-refractivity contribution is -0.132. The monoisotopic (exact) mass is 794 g/mol. The second-order valence-electron chi connectivity index (χ2n) is 19.0. The third kappa shape index (κ3) is 15.3. The molecule has 2 heterocycles. The zero-order valence-corrected chi connectivity index (χ0v) is 36.9. The van der Waals surface area contributed by atoms with Crippen molar-refractivity contribution in [3.05, 3.63) is 95.6 Å². The molecule has 0 aliphatic heterocycles. The predicted octanol–water partition coefficient (Wildman–Crippen LogP) is 10.0. The average molecular weight is 794 g/mol. The SMILES string of the molecule is CC1(C(=O)NCCc2ccc(C(C)(C)C)cc2)CCCCC1.CC1(C(=O)NCCc2ccccn2)CCCCC1.CC1(C(=O)NCCc2ccncc2)CCCCC1. The lowest BCUT2D eigenvalue weighted by Gasteiger charge is -2.32. The largest absolute Gasteiger partial charge is 0.355 e. The highest BCUT2D eigenvalue weighted by atomic mass is 16.2. The van der Waals surface area contributed by atoms with Crippen molar-refractivity contribution in [3.63, 3.8) is 0 Å². The summed E-state index contributed by atoms with van der Waals surface area (Å²) < 4.78 is 0. The average Bonchev–Trinajstić information content (AvgIpc) is 3.23. The minimum atomic E-state index is -0.137. The lowest BCUT2D eigenvalue weighted by Crippen LogP contribution is -2.41. The van der Waals surface area contributed by atoms with Gasteiger partial charge in [0.05, 0.1) is 0 Å². The van der Waals surface area contributed by atoms with Gasteiger partial charge in [0.2, 0.25) is 17.7 Å². The van der Waals surface area contributed by atoms with Gasteiger partial charge in [0, 0.05) is 66.6 Å². The zero-order chi connectivity index (χ0) is 41.9. The Kier molecular flexibility index (Phi) is 18.4. The Balaban J connectivity index is 0.000000194. The summed E-state index contributed by atoms with van der Waals surface area (Å²) >= 11 is 0. The molecule has 318 valence electrons. The number of nitrogens with zero attached hydrogens (tertiary/aromatic N) is 2. The van der Waals surface area contributed by atoms with Crippen LogP contribution in [0.2, 0.25) is 0 Å². The number of rotatable bonds is 12. The Morgan fingerprint density at radius 2 is 0.914 bits per heavy atom.